The van der Waals surface area contributed by atoms with E-state index in [-0.39, 0.29) is 6.47 Å². The Labute approximate surface area is 144 Å². The minimum atomic E-state index is -1.53. The summed E-state index contributed by atoms with van der Waals surface area (Å²) in [6.45, 7) is -0.250. The molecule has 7 nitrogen and oxygen atoms in total. The van der Waals surface area contributed by atoms with Crippen LogP contribution in [0.2, 0.25) is 0 Å². The molecule has 0 aliphatic carbocycles. The predicted octanol–water partition coefficient (Wildman–Crippen LogP) is 0.873. The first-order valence-electron chi connectivity index (χ1n) is 7.28. The number of ether oxygens (including phenoxy) is 1. The van der Waals surface area contributed by atoms with Gasteiger partial charge in [0.15, 0.2) is 0 Å². The highest BCUT2D eigenvalue weighted by Gasteiger charge is 2.15. The van der Waals surface area contributed by atoms with Gasteiger partial charge in [-0.3, -0.25) is 9.78 Å². The number of nitrogen functional groups attached to an aromatic ring is 1. The SMILES string of the molecule is COc1ccc(B(O)O)cc1-c1ccc2c(N)ccnc2c1.O=CO. The summed E-state index contributed by atoms with van der Waals surface area (Å²) in [5.41, 5.74) is 9.40. The van der Waals surface area contributed by atoms with E-state index < -0.39 is 7.12 Å². The summed E-state index contributed by atoms with van der Waals surface area (Å²) in [5, 5.41) is 26.5. The Kier molecular flexibility index (Phi) is 5.94. The van der Waals surface area contributed by atoms with Gasteiger partial charge in [0.25, 0.3) is 6.47 Å². The van der Waals surface area contributed by atoms with Gasteiger partial charge in [0.05, 0.1) is 12.6 Å². The van der Waals surface area contributed by atoms with Crippen molar-refractivity contribution in [2.24, 2.45) is 0 Å². The summed E-state index contributed by atoms with van der Waals surface area (Å²) in [7, 11) is 0.0458. The van der Waals surface area contributed by atoms with Crippen molar-refractivity contribution in [2.45, 2.75) is 0 Å². The number of methoxy groups -OCH3 is 1. The Bertz CT molecular complexity index is 886. The average molecular weight is 340 g/mol. The van der Waals surface area contributed by atoms with Crippen molar-refractivity contribution >= 4 is 35.6 Å². The van der Waals surface area contributed by atoms with Crippen LogP contribution in [0.3, 0.4) is 0 Å². The molecule has 128 valence electrons. The molecule has 3 aromatic rings. The van der Waals surface area contributed by atoms with Crippen molar-refractivity contribution < 1.29 is 24.7 Å². The number of nitrogens with two attached hydrogens (primary N) is 1. The van der Waals surface area contributed by atoms with Crippen LogP contribution in [0.4, 0.5) is 5.69 Å². The highest BCUT2D eigenvalue weighted by atomic mass is 16.5. The maximum atomic E-state index is 9.35. The molecule has 0 aliphatic rings. The minimum absolute atomic E-state index is 0.250. The maximum Gasteiger partial charge on any atom is 0.488 e. The number of fused-ring (bicyclic) bond motifs is 1. The summed E-state index contributed by atoms with van der Waals surface area (Å²) >= 11 is 0. The summed E-state index contributed by atoms with van der Waals surface area (Å²) in [6, 6.07) is 12.5. The number of aromatic nitrogens is 1. The molecule has 1 aromatic heterocycles. The lowest BCUT2D eigenvalue weighted by molar-refractivity contribution is -0.122. The first-order valence-corrected chi connectivity index (χ1v) is 7.28. The normalized spacial score (nSPS) is 9.88. The van der Waals surface area contributed by atoms with Gasteiger partial charge in [-0.1, -0.05) is 24.3 Å². The number of hydrogen-bond donors (Lipinski definition) is 4. The first kappa shape index (κ1) is 18.2. The van der Waals surface area contributed by atoms with Crippen molar-refractivity contribution in [3.8, 4) is 16.9 Å². The third kappa shape index (κ3) is 4.06. The molecule has 0 atom stereocenters. The van der Waals surface area contributed by atoms with Crippen LogP contribution in [0, 0.1) is 0 Å². The Hall–Kier alpha value is -3.10. The van der Waals surface area contributed by atoms with Gasteiger partial charge in [-0.25, -0.2) is 0 Å². The third-order valence-electron chi connectivity index (χ3n) is 3.61. The average Bonchev–Trinajstić information content (AvgIpc) is 2.61. The second-order valence-corrected chi connectivity index (χ2v) is 5.07. The third-order valence-corrected chi connectivity index (χ3v) is 3.61. The Morgan fingerprint density at radius 2 is 1.88 bits per heavy atom. The second-order valence-electron chi connectivity index (χ2n) is 5.07. The molecule has 0 aliphatic heterocycles. The quantitative estimate of drug-likeness (QED) is 0.412. The molecule has 0 saturated heterocycles. The molecule has 0 saturated carbocycles. The Balaban J connectivity index is 0.000000701. The van der Waals surface area contributed by atoms with E-state index in [1.807, 2.05) is 18.2 Å². The fourth-order valence-corrected chi connectivity index (χ4v) is 2.45. The summed E-state index contributed by atoms with van der Waals surface area (Å²) in [4.78, 5) is 12.7. The molecule has 0 fully saturated rings. The van der Waals surface area contributed by atoms with E-state index in [0.717, 1.165) is 22.0 Å². The van der Waals surface area contributed by atoms with Crippen LogP contribution >= 0.6 is 0 Å². The molecule has 1 heterocycles. The molecule has 0 unspecified atom stereocenters. The van der Waals surface area contributed by atoms with Gasteiger partial charge >= 0.3 is 7.12 Å². The molecule has 3 rings (SSSR count). The van der Waals surface area contributed by atoms with Crippen molar-refractivity contribution in [1.29, 1.82) is 0 Å². The number of hydrogen-bond acceptors (Lipinski definition) is 6. The van der Waals surface area contributed by atoms with Gasteiger partial charge in [-0.05, 0) is 29.2 Å². The molecule has 5 N–H and O–H groups in total. The molecule has 0 amide bonds. The van der Waals surface area contributed by atoms with Crippen molar-refractivity contribution in [1.82, 2.24) is 4.98 Å². The molecule has 0 spiro atoms. The van der Waals surface area contributed by atoms with E-state index in [2.05, 4.69) is 4.98 Å². The fourth-order valence-electron chi connectivity index (χ4n) is 2.45. The predicted molar refractivity (Wildman–Crippen MR) is 96.7 cm³/mol. The summed E-state index contributed by atoms with van der Waals surface area (Å²) in [5.74, 6) is 0.646. The smallest absolute Gasteiger partial charge is 0.488 e. The standard InChI is InChI=1S/C16H15BN2O3.CH2O2/c1-22-16-5-3-11(17(20)21)9-13(16)10-2-4-12-14(18)6-7-19-15(12)8-10;2-1-3/h2-9,20-21H,1H3,(H2,18,19);1H,(H,2,3). The molecular weight excluding hydrogens is 323 g/mol. The number of carbonyl (C=O) groups is 1. The van der Waals surface area contributed by atoms with Crippen LogP contribution in [-0.4, -0.2) is 40.8 Å². The van der Waals surface area contributed by atoms with Crippen molar-refractivity contribution in [2.75, 3.05) is 12.8 Å². The van der Waals surface area contributed by atoms with E-state index in [1.165, 1.54) is 0 Å². The highest BCUT2D eigenvalue weighted by Crippen LogP contribution is 2.31. The van der Waals surface area contributed by atoms with Gasteiger partial charge in [-0.15, -0.1) is 0 Å². The lowest BCUT2D eigenvalue weighted by atomic mass is 9.79. The summed E-state index contributed by atoms with van der Waals surface area (Å²) < 4.78 is 5.36. The van der Waals surface area contributed by atoms with E-state index in [9.17, 15) is 10.0 Å². The zero-order valence-corrected chi connectivity index (χ0v) is 13.5. The van der Waals surface area contributed by atoms with Crippen LogP contribution in [0.15, 0.2) is 48.7 Å². The fraction of sp³-hybridized carbons (Fsp3) is 0.0588. The minimum Gasteiger partial charge on any atom is -0.496 e. The Morgan fingerprint density at radius 1 is 1.16 bits per heavy atom. The van der Waals surface area contributed by atoms with Crippen LogP contribution in [-0.2, 0) is 4.79 Å². The second kappa shape index (κ2) is 8.14. The van der Waals surface area contributed by atoms with Gasteiger partial charge < -0.3 is 25.6 Å². The number of nitrogens with zero attached hydrogens (tertiary/aromatic N) is 1. The van der Waals surface area contributed by atoms with Crippen molar-refractivity contribution in [3.63, 3.8) is 0 Å². The van der Waals surface area contributed by atoms with E-state index in [4.69, 9.17) is 20.4 Å². The lowest BCUT2D eigenvalue weighted by Crippen LogP contribution is -2.29. The van der Waals surface area contributed by atoms with Crippen LogP contribution in [0.1, 0.15) is 0 Å². The van der Waals surface area contributed by atoms with Crippen LogP contribution in [0.25, 0.3) is 22.0 Å². The van der Waals surface area contributed by atoms with E-state index in [1.54, 1.807) is 37.6 Å². The number of benzene rings is 2. The van der Waals surface area contributed by atoms with E-state index >= 15 is 0 Å². The molecular formula is C17H17BN2O5. The topological polar surface area (TPSA) is 126 Å². The number of rotatable bonds is 3. The Morgan fingerprint density at radius 3 is 2.52 bits per heavy atom. The van der Waals surface area contributed by atoms with E-state index in [0.29, 0.717) is 16.9 Å². The monoisotopic (exact) mass is 340 g/mol. The largest absolute Gasteiger partial charge is 0.496 e. The molecule has 8 heteroatoms. The maximum absolute atomic E-state index is 9.35. The van der Waals surface area contributed by atoms with Crippen LogP contribution < -0.4 is 15.9 Å². The zero-order chi connectivity index (χ0) is 18.4. The molecule has 0 bridgehead atoms. The highest BCUT2D eigenvalue weighted by molar-refractivity contribution is 6.58. The van der Waals surface area contributed by atoms with Gasteiger partial charge in [0.2, 0.25) is 0 Å². The summed E-state index contributed by atoms with van der Waals surface area (Å²) in [6.07, 6.45) is 1.66. The number of anilines is 1. The lowest BCUT2D eigenvalue weighted by Gasteiger charge is -2.12. The molecule has 25 heavy (non-hydrogen) atoms. The van der Waals surface area contributed by atoms with Gasteiger partial charge in [0, 0.05) is 22.8 Å². The molecule has 2 aromatic carbocycles. The van der Waals surface area contributed by atoms with Gasteiger partial charge in [0.1, 0.15) is 5.75 Å². The first-order chi connectivity index (χ1) is 12.0. The molecule has 0 radical (unpaired) electrons. The van der Waals surface area contributed by atoms with Crippen LogP contribution in [0.5, 0.6) is 5.75 Å². The number of carboxylic acid groups (broad SMARTS) is 1. The van der Waals surface area contributed by atoms with Gasteiger partial charge in [-0.2, -0.15) is 0 Å². The number of pyridine rings is 1. The van der Waals surface area contributed by atoms with Crippen molar-refractivity contribution in [3.05, 3.63) is 48.7 Å². The zero-order valence-electron chi connectivity index (χ0n) is 13.5.